The second kappa shape index (κ2) is 8.68. The molecule has 1 rings (SSSR count). The summed E-state index contributed by atoms with van der Waals surface area (Å²) >= 11 is 0. The highest BCUT2D eigenvalue weighted by Gasteiger charge is 2.15. The van der Waals surface area contributed by atoms with E-state index in [2.05, 4.69) is 10.6 Å². The van der Waals surface area contributed by atoms with Crippen molar-refractivity contribution in [3.63, 3.8) is 0 Å². The molecule has 0 aromatic heterocycles. The summed E-state index contributed by atoms with van der Waals surface area (Å²) in [5.41, 5.74) is 0.125. The number of benzene rings is 1. The van der Waals surface area contributed by atoms with E-state index in [0.29, 0.717) is 31.6 Å². The van der Waals surface area contributed by atoms with E-state index in [4.69, 9.17) is 4.74 Å². The molecule has 124 valence electrons. The van der Waals surface area contributed by atoms with Gasteiger partial charge >= 0.3 is 6.09 Å². The lowest BCUT2D eigenvalue weighted by Crippen LogP contribution is -2.34. The number of rotatable bonds is 7. The second-order valence-corrected chi connectivity index (χ2v) is 6.06. The van der Waals surface area contributed by atoms with Gasteiger partial charge in [0, 0.05) is 12.6 Å². The molecule has 1 amide bonds. The predicted molar refractivity (Wildman–Crippen MR) is 81.8 cm³/mol. The Bertz CT molecular complexity index is 467. The molecule has 0 saturated heterocycles. The first-order chi connectivity index (χ1) is 10.3. The molecule has 4 nitrogen and oxygen atoms in total. The number of hydrogen-bond acceptors (Lipinski definition) is 3. The Morgan fingerprint density at radius 3 is 2.32 bits per heavy atom. The highest BCUT2D eigenvalue weighted by atomic mass is 19.1. The molecule has 0 unspecified atom stereocenters. The van der Waals surface area contributed by atoms with E-state index in [0.717, 1.165) is 12.5 Å². The van der Waals surface area contributed by atoms with E-state index in [1.807, 2.05) is 20.8 Å². The zero-order valence-electron chi connectivity index (χ0n) is 13.3. The summed E-state index contributed by atoms with van der Waals surface area (Å²) in [6.45, 7) is 7.26. The molecule has 0 bridgehead atoms. The molecule has 0 radical (unpaired) electrons. The zero-order chi connectivity index (χ0) is 16.6. The number of nitrogens with one attached hydrogen (secondary N) is 2. The first-order valence-electron chi connectivity index (χ1n) is 7.39. The molecule has 1 aromatic rings. The smallest absolute Gasteiger partial charge is 0.407 e. The van der Waals surface area contributed by atoms with Gasteiger partial charge in [0.05, 0.1) is 0 Å². The van der Waals surface area contributed by atoms with Gasteiger partial charge in [-0.2, -0.15) is 0 Å². The van der Waals surface area contributed by atoms with Gasteiger partial charge in [-0.05, 0) is 64.4 Å². The van der Waals surface area contributed by atoms with Crippen molar-refractivity contribution in [2.45, 2.75) is 39.2 Å². The number of carbonyl (C=O) groups excluding carboxylic acids is 1. The van der Waals surface area contributed by atoms with Crippen LogP contribution in [0.15, 0.2) is 18.2 Å². The number of alkyl carbamates (subject to hydrolysis) is 1. The highest BCUT2D eigenvalue weighted by molar-refractivity contribution is 5.67. The van der Waals surface area contributed by atoms with Crippen molar-refractivity contribution in [2.75, 3.05) is 19.6 Å². The van der Waals surface area contributed by atoms with Crippen LogP contribution in [-0.2, 0) is 11.2 Å². The van der Waals surface area contributed by atoms with Crippen LogP contribution in [0.25, 0.3) is 0 Å². The van der Waals surface area contributed by atoms with Gasteiger partial charge in [-0.15, -0.1) is 0 Å². The van der Waals surface area contributed by atoms with E-state index in [9.17, 15) is 13.6 Å². The van der Waals surface area contributed by atoms with E-state index >= 15 is 0 Å². The standard InChI is InChI=1S/C16H24F2N2O2/c1-16(2,3)22-15(21)20-7-4-6-19-8-5-12-9-13(17)11-14(18)10-12/h9-11,19H,4-8H2,1-3H3,(H,20,21). The molecule has 2 N–H and O–H groups in total. The van der Waals surface area contributed by atoms with Crippen molar-refractivity contribution >= 4 is 6.09 Å². The summed E-state index contributed by atoms with van der Waals surface area (Å²) in [7, 11) is 0. The minimum absolute atomic E-state index is 0.428. The molecule has 0 heterocycles. The van der Waals surface area contributed by atoms with Crippen molar-refractivity contribution in [1.29, 1.82) is 0 Å². The van der Waals surface area contributed by atoms with Crippen molar-refractivity contribution < 1.29 is 18.3 Å². The van der Waals surface area contributed by atoms with Gasteiger partial charge in [0.25, 0.3) is 0 Å². The lowest BCUT2D eigenvalue weighted by atomic mass is 10.1. The van der Waals surface area contributed by atoms with Crippen LogP contribution >= 0.6 is 0 Å². The summed E-state index contributed by atoms with van der Waals surface area (Å²) in [5.74, 6) is -1.12. The van der Waals surface area contributed by atoms with E-state index in [1.54, 1.807) is 0 Å². The van der Waals surface area contributed by atoms with Gasteiger partial charge in [0.1, 0.15) is 17.2 Å². The van der Waals surface area contributed by atoms with Crippen LogP contribution in [0.4, 0.5) is 13.6 Å². The van der Waals surface area contributed by atoms with Crippen molar-refractivity contribution in [3.8, 4) is 0 Å². The normalized spacial score (nSPS) is 11.3. The number of carbonyl (C=O) groups is 1. The first-order valence-corrected chi connectivity index (χ1v) is 7.39. The predicted octanol–water partition coefficient (Wildman–Crippen LogP) is 3.01. The fraction of sp³-hybridized carbons (Fsp3) is 0.562. The van der Waals surface area contributed by atoms with Crippen molar-refractivity contribution in [3.05, 3.63) is 35.4 Å². The largest absolute Gasteiger partial charge is 0.444 e. The number of amides is 1. The van der Waals surface area contributed by atoms with Crippen LogP contribution in [0.2, 0.25) is 0 Å². The Morgan fingerprint density at radius 2 is 1.73 bits per heavy atom. The maximum absolute atomic E-state index is 13.0. The van der Waals surface area contributed by atoms with Crippen LogP contribution < -0.4 is 10.6 Å². The van der Waals surface area contributed by atoms with E-state index in [-0.39, 0.29) is 0 Å². The van der Waals surface area contributed by atoms with Gasteiger partial charge in [-0.3, -0.25) is 0 Å². The Hall–Kier alpha value is -1.69. The summed E-state index contributed by atoms with van der Waals surface area (Å²) in [5, 5.41) is 5.82. The SMILES string of the molecule is CC(C)(C)OC(=O)NCCCNCCc1cc(F)cc(F)c1. The number of ether oxygens (including phenoxy) is 1. The van der Waals surface area contributed by atoms with Gasteiger partial charge in [0.15, 0.2) is 0 Å². The topological polar surface area (TPSA) is 50.4 Å². The minimum atomic E-state index is -0.559. The molecule has 1 aromatic carbocycles. The molecule has 6 heteroatoms. The lowest BCUT2D eigenvalue weighted by Gasteiger charge is -2.19. The van der Waals surface area contributed by atoms with Crippen LogP contribution in [0.1, 0.15) is 32.8 Å². The second-order valence-electron chi connectivity index (χ2n) is 6.06. The third-order valence-electron chi connectivity index (χ3n) is 2.71. The van der Waals surface area contributed by atoms with Gasteiger partial charge in [-0.25, -0.2) is 13.6 Å². The molecular formula is C16H24F2N2O2. The molecular weight excluding hydrogens is 290 g/mol. The van der Waals surface area contributed by atoms with Gasteiger partial charge < -0.3 is 15.4 Å². The van der Waals surface area contributed by atoms with Crippen LogP contribution in [0.5, 0.6) is 0 Å². The first kappa shape index (κ1) is 18.4. The molecule has 0 saturated carbocycles. The van der Waals surface area contributed by atoms with Crippen LogP contribution in [0.3, 0.4) is 0 Å². The maximum atomic E-state index is 13.0. The lowest BCUT2D eigenvalue weighted by molar-refractivity contribution is 0.0527. The average molecular weight is 314 g/mol. The Morgan fingerprint density at radius 1 is 1.09 bits per heavy atom. The summed E-state index contributed by atoms with van der Waals surface area (Å²) in [6.07, 6.45) is 0.869. The average Bonchev–Trinajstić information content (AvgIpc) is 2.34. The van der Waals surface area contributed by atoms with Gasteiger partial charge in [-0.1, -0.05) is 0 Å². The Balaban J connectivity index is 2.07. The molecule has 0 aliphatic rings. The van der Waals surface area contributed by atoms with Gasteiger partial charge in [0.2, 0.25) is 0 Å². The third kappa shape index (κ3) is 8.56. The Labute approximate surface area is 130 Å². The summed E-state index contributed by atoms with van der Waals surface area (Å²) in [6, 6.07) is 3.52. The highest BCUT2D eigenvalue weighted by Crippen LogP contribution is 2.08. The molecule has 22 heavy (non-hydrogen) atoms. The fourth-order valence-corrected chi connectivity index (χ4v) is 1.83. The van der Waals surface area contributed by atoms with Crippen molar-refractivity contribution in [2.24, 2.45) is 0 Å². The van der Waals surface area contributed by atoms with E-state index in [1.165, 1.54) is 12.1 Å². The zero-order valence-corrected chi connectivity index (χ0v) is 13.3. The van der Waals surface area contributed by atoms with Crippen molar-refractivity contribution in [1.82, 2.24) is 10.6 Å². The van der Waals surface area contributed by atoms with Crippen LogP contribution in [-0.4, -0.2) is 31.3 Å². The Kier molecular flexibility index (Phi) is 7.24. The fourth-order valence-electron chi connectivity index (χ4n) is 1.83. The van der Waals surface area contributed by atoms with E-state index < -0.39 is 23.3 Å². The monoisotopic (exact) mass is 314 g/mol. The summed E-state index contributed by atoms with van der Waals surface area (Å²) < 4.78 is 31.1. The summed E-state index contributed by atoms with van der Waals surface area (Å²) in [4.78, 5) is 11.4. The quantitative estimate of drug-likeness (QED) is 0.761. The number of halogens is 2. The molecule has 0 aliphatic heterocycles. The molecule has 0 aliphatic carbocycles. The third-order valence-corrected chi connectivity index (χ3v) is 2.71. The minimum Gasteiger partial charge on any atom is -0.444 e. The molecule has 0 atom stereocenters. The maximum Gasteiger partial charge on any atom is 0.407 e. The number of hydrogen-bond donors (Lipinski definition) is 2. The van der Waals surface area contributed by atoms with Crippen LogP contribution in [0, 0.1) is 11.6 Å². The molecule has 0 fully saturated rings. The molecule has 0 spiro atoms.